The largest absolute Gasteiger partial charge is 0.467 e. The van der Waals surface area contributed by atoms with Crippen molar-refractivity contribution in [3.05, 3.63) is 57.9 Å². The Morgan fingerprint density at radius 3 is 2.80 bits per heavy atom. The van der Waals surface area contributed by atoms with Gasteiger partial charge >= 0.3 is 0 Å². The zero-order chi connectivity index (χ0) is 14.1. The van der Waals surface area contributed by atoms with Gasteiger partial charge in [0.25, 0.3) is 11.5 Å². The fraction of sp³-hybridized carbons (Fsp3) is 0.333. The highest BCUT2D eigenvalue weighted by Crippen LogP contribution is 2.29. The van der Waals surface area contributed by atoms with E-state index in [-0.39, 0.29) is 23.1 Å². The van der Waals surface area contributed by atoms with Crippen molar-refractivity contribution in [1.29, 1.82) is 0 Å². The smallest absolute Gasteiger partial charge is 0.260 e. The van der Waals surface area contributed by atoms with Gasteiger partial charge in [0.05, 0.1) is 12.8 Å². The van der Waals surface area contributed by atoms with Crippen LogP contribution in [-0.4, -0.2) is 21.8 Å². The van der Waals surface area contributed by atoms with Crippen molar-refractivity contribution in [2.24, 2.45) is 0 Å². The lowest BCUT2D eigenvalue weighted by molar-refractivity contribution is 0.0715. The molecule has 0 aliphatic heterocycles. The predicted octanol–water partition coefficient (Wildman–Crippen LogP) is 2.08. The van der Waals surface area contributed by atoms with Crippen molar-refractivity contribution >= 4 is 5.91 Å². The Bertz CT molecular complexity index is 669. The molecule has 1 N–H and O–H groups in total. The van der Waals surface area contributed by atoms with Crippen molar-refractivity contribution < 1.29 is 9.21 Å². The molecule has 0 aromatic carbocycles. The van der Waals surface area contributed by atoms with Gasteiger partial charge in [0.15, 0.2) is 0 Å². The molecule has 0 unspecified atom stereocenters. The van der Waals surface area contributed by atoms with E-state index in [4.69, 9.17) is 4.42 Å². The molecule has 0 spiro atoms. The molecule has 1 amide bonds. The van der Waals surface area contributed by atoms with Gasteiger partial charge in [0.2, 0.25) is 0 Å². The van der Waals surface area contributed by atoms with E-state index in [9.17, 15) is 9.59 Å². The molecular formula is C15H16N2O3. The number of aromatic amines is 1. The van der Waals surface area contributed by atoms with E-state index in [0.717, 1.165) is 24.3 Å². The average Bonchev–Trinajstić information content (AvgIpc) is 3.12. The molecule has 0 atom stereocenters. The molecule has 5 heteroatoms. The second-order valence-corrected chi connectivity index (χ2v) is 5.13. The molecule has 1 aliphatic rings. The number of hydrogen-bond donors (Lipinski definition) is 1. The number of H-pyrrole nitrogens is 1. The molecule has 104 valence electrons. The van der Waals surface area contributed by atoms with E-state index in [1.54, 1.807) is 36.3 Å². The van der Waals surface area contributed by atoms with E-state index in [0.29, 0.717) is 6.54 Å². The third-order valence-corrected chi connectivity index (χ3v) is 3.44. The summed E-state index contributed by atoms with van der Waals surface area (Å²) in [7, 11) is 0. The first-order chi connectivity index (χ1) is 9.65. The molecule has 2 heterocycles. The number of amides is 1. The first kappa shape index (κ1) is 12.7. The fourth-order valence-corrected chi connectivity index (χ4v) is 2.22. The van der Waals surface area contributed by atoms with Gasteiger partial charge < -0.3 is 14.3 Å². The van der Waals surface area contributed by atoms with Crippen molar-refractivity contribution in [3.63, 3.8) is 0 Å². The van der Waals surface area contributed by atoms with Crippen molar-refractivity contribution in [1.82, 2.24) is 9.88 Å². The Hall–Kier alpha value is -2.30. The molecular weight excluding hydrogens is 256 g/mol. The highest BCUT2D eigenvalue weighted by molar-refractivity contribution is 5.94. The molecule has 0 radical (unpaired) electrons. The molecule has 0 saturated heterocycles. The van der Waals surface area contributed by atoms with Crippen molar-refractivity contribution in [3.8, 4) is 0 Å². The molecule has 20 heavy (non-hydrogen) atoms. The van der Waals surface area contributed by atoms with E-state index < -0.39 is 0 Å². The van der Waals surface area contributed by atoms with Crippen LogP contribution in [0.2, 0.25) is 0 Å². The normalized spacial score (nSPS) is 14.2. The van der Waals surface area contributed by atoms with Gasteiger partial charge in [-0.1, -0.05) is 0 Å². The van der Waals surface area contributed by atoms with Gasteiger partial charge in [-0.3, -0.25) is 9.59 Å². The van der Waals surface area contributed by atoms with Crippen LogP contribution in [-0.2, 0) is 6.54 Å². The topological polar surface area (TPSA) is 66.3 Å². The zero-order valence-corrected chi connectivity index (χ0v) is 11.3. The highest BCUT2D eigenvalue weighted by Gasteiger charge is 2.34. The van der Waals surface area contributed by atoms with Gasteiger partial charge in [-0.25, -0.2) is 0 Å². The van der Waals surface area contributed by atoms with Crippen LogP contribution in [0.3, 0.4) is 0 Å². The van der Waals surface area contributed by atoms with Gasteiger partial charge in [-0.2, -0.15) is 0 Å². The average molecular weight is 272 g/mol. The Morgan fingerprint density at radius 2 is 2.20 bits per heavy atom. The highest BCUT2D eigenvalue weighted by atomic mass is 16.3. The number of furan rings is 1. The first-order valence-corrected chi connectivity index (χ1v) is 6.68. The molecule has 1 aliphatic carbocycles. The third-order valence-electron chi connectivity index (χ3n) is 3.44. The van der Waals surface area contributed by atoms with E-state index in [1.165, 1.54) is 0 Å². The van der Waals surface area contributed by atoms with Gasteiger partial charge in [0.1, 0.15) is 11.3 Å². The lowest BCUT2D eigenvalue weighted by atomic mass is 10.2. The van der Waals surface area contributed by atoms with Crippen LogP contribution in [0.15, 0.2) is 39.7 Å². The SMILES string of the molecule is Cc1ccc(C(=O)N(Cc2ccco2)C2CC2)c(=O)[nH]1. The predicted molar refractivity (Wildman–Crippen MR) is 73.4 cm³/mol. The summed E-state index contributed by atoms with van der Waals surface area (Å²) in [6.07, 6.45) is 3.55. The standard InChI is InChI=1S/C15H16N2O3/c1-10-4-7-13(14(18)16-10)15(19)17(11-5-6-11)9-12-3-2-8-20-12/h2-4,7-8,11H,5-6,9H2,1H3,(H,16,18). The van der Waals surface area contributed by atoms with Gasteiger partial charge in [0, 0.05) is 11.7 Å². The summed E-state index contributed by atoms with van der Waals surface area (Å²) in [5.74, 6) is 0.499. The van der Waals surface area contributed by atoms with Gasteiger partial charge in [-0.05, 0) is 44.0 Å². The lowest BCUT2D eigenvalue weighted by Crippen LogP contribution is -2.36. The second-order valence-electron chi connectivity index (χ2n) is 5.13. The minimum absolute atomic E-state index is 0.189. The summed E-state index contributed by atoms with van der Waals surface area (Å²) in [6.45, 7) is 2.20. The summed E-state index contributed by atoms with van der Waals surface area (Å²) >= 11 is 0. The molecule has 1 fully saturated rings. The molecule has 3 rings (SSSR count). The summed E-state index contributed by atoms with van der Waals surface area (Å²) in [6, 6.07) is 7.18. The maximum Gasteiger partial charge on any atom is 0.260 e. The fourth-order valence-electron chi connectivity index (χ4n) is 2.22. The summed E-state index contributed by atoms with van der Waals surface area (Å²) in [5.41, 5.74) is 0.602. The number of carbonyl (C=O) groups excluding carboxylic acids is 1. The number of aryl methyl sites for hydroxylation is 1. The Morgan fingerprint density at radius 1 is 1.40 bits per heavy atom. The third kappa shape index (κ3) is 2.52. The second kappa shape index (κ2) is 5.00. The molecule has 0 bridgehead atoms. The minimum Gasteiger partial charge on any atom is -0.467 e. The number of nitrogens with one attached hydrogen (secondary N) is 1. The Kier molecular flexibility index (Phi) is 3.18. The number of aromatic nitrogens is 1. The summed E-state index contributed by atoms with van der Waals surface area (Å²) in [5, 5.41) is 0. The maximum atomic E-state index is 12.5. The van der Waals surface area contributed by atoms with E-state index >= 15 is 0 Å². The van der Waals surface area contributed by atoms with Crippen LogP contribution < -0.4 is 5.56 Å². The molecule has 1 saturated carbocycles. The van der Waals surface area contributed by atoms with Crippen LogP contribution in [0.5, 0.6) is 0 Å². The van der Waals surface area contributed by atoms with Crippen molar-refractivity contribution in [2.75, 3.05) is 0 Å². The lowest BCUT2D eigenvalue weighted by Gasteiger charge is -2.21. The quantitative estimate of drug-likeness (QED) is 0.926. The first-order valence-electron chi connectivity index (χ1n) is 6.68. The van der Waals surface area contributed by atoms with Crippen LogP contribution in [0.25, 0.3) is 0 Å². The van der Waals surface area contributed by atoms with Crippen LogP contribution in [0, 0.1) is 6.92 Å². The number of hydrogen-bond acceptors (Lipinski definition) is 3. The molecule has 2 aromatic heterocycles. The molecule has 2 aromatic rings. The van der Waals surface area contributed by atoms with Crippen LogP contribution in [0.1, 0.15) is 34.7 Å². The summed E-state index contributed by atoms with van der Waals surface area (Å²) in [4.78, 5) is 28.8. The van der Waals surface area contributed by atoms with Crippen LogP contribution in [0.4, 0.5) is 0 Å². The van der Waals surface area contributed by atoms with Gasteiger partial charge in [-0.15, -0.1) is 0 Å². The van der Waals surface area contributed by atoms with E-state index in [2.05, 4.69) is 4.98 Å². The molecule has 5 nitrogen and oxygen atoms in total. The Labute approximate surface area is 116 Å². The maximum absolute atomic E-state index is 12.5. The number of carbonyl (C=O) groups is 1. The number of nitrogens with zero attached hydrogens (tertiary/aromatic N) is 1. The van der Waals surface area contributed by atoms with E-state index in [1.807, 2.05) is 6.07 Å². The number of rotatable bonds is 4. The number of pyridine rings is 1. The monoisotopic (exact) mass is 272 g/mol. The zero-order valence-electron chi connectivity index (χ0n) is 11.3. The van der Waals surface area contributed by atoms with Crippen molar-refractivity contribution in [2.45, 2.75) is 32.4 Å². The Balaban J connectivity index is 1.87. The van der Waals surface area contributed by atoms with Crippen LogP contribution >= 0.6 is 0 Å². The summed E-state index contributed by atoms with van der Waals surface area (Å²) < 4.78 is 5.30. The minimum atomic E-state index is -0.333.